The molecular weight excluding hydrogens is 166 g/mol. The number of nitrogens with one attached hydrogen (secondary N) is 1. The highest BCUT2D eigenvalue weighted by Gasteiger charge is 2.01. The van der Waals surface area contributed by atoms with Gasteiger partial charge in [0.2, 0.25) is 0 Å². The summed E-state index contributed by atoms with van der Waals surface area (Å²) >= 11 is 0. The molecule has 1 N–H and O–H groups in total. The van der Waals surface area contributed by atoms with E-state index in [1.54, 1.807) is 12.4 Å². The maximum Gasteiger partial charge on any atom is 0.185 e. The maximum absolute atomic E-state index is 10.3. The largest absolute Gasteiger partial charge is 0.334 e. The van der Waals surface area contributed by atoms with Crippen LogP contribution >= 0.6 is 0 Å². The van der Waals surface area contributed by atoms with Crippen molar-refractivity contribution < 1.29 is 4.79 Å². The molecule has 2 rings (SSSR count). The van der Waals surface area contributed by atoms with Crippen LogP contribution in [0.25, 0.3) is 11.4 Å². The molecule has 2 aromatic rings. The average Bonchev–Trinajstić information content (AvgIpc) is 2.67. The van der Waals surface area contributed by atoms with E-state index in [-0.39, 0.29) is 0 Å². The second kappa shape index (κ2) is 3.18. The predicted molar refractivity (Wildman–Crippen MR) is 47.2 cm³/mol. The fraction of sp³-hybridized carbons (Fsp3) is 0. The van der Waals surface area contributed by atoms with Crippen LogP contribution in [0.2, 0.25) is 0 Å². The highest BCUT2D eigenvalue weighted by Crippen LogP contribution is 2.11. The number of rotatable bonds is 2. The zero-order valence-corrected chi connectivity index (χ0v) is 6.77. The van der Waals surface area contributed by atoms with Gasteiger partial charge in [0.1, 0.15) is 0 Å². The lowest BCUT2D eigenvalue weighted by molar-refractivity contribution is 0.111. The Balaban J connectivity index is 2.41. The number of pyridine rings is 1. The quantitative estimate of drug-likeness (QED) is 0.696. The van der Waals surface area contributed by atoms with Crippen molar-refractivity contribution in [3.8, 4) is 11.4 Å². The molecule has 4 heteroatoms. The molecular formula is C9H7N3O. The molecule has 0 spiro atoms. The number of aromatic amines is 1. The molecule has 64 valence electrons. The summed E-state index contributed by atoms with van der Waals surface area (Å²) in [6.07, 6.45) is 3.95. The summed E-state index contributed by atoms with van der Waals surface area (Å²) in [6.45, 7) is 0. The minimum atomic E-state index is 0.320. The van der Waals surface area contributed by atoms with Gasteiger partial charge in [-0.15, -0.1) is 0 Å². The van der Waals surface area contributed by atoms with Crippen molar-refractivity contribution in [1.29, 1.82) is 0 Å². The van der Waals surface area contributed by atoms with Crippen molar-refractivity contribution in [3.05, 3.63) is 36.4 Å². The number of nitrogens with zero attached hydrogens (tertiary/aromatic N) is 2. The van der Waals surface area contributed by atoms with Crippen molar-refractivity contribution in [1.82, 2.24) is 15.0 Å². The Labute approximate surface area is 74.7 Å². The number of H-pyrrole nitrogens is 1. The van der Waals surface area contributed by atoms with Crippen LogP contribution in [0.15, 0.2) is 30.6 Å². The monoisotopic (exact) mass is 173 g/mol. The van der Waals surface area contributed by atoms with Crippen molar-refractivity contribution in [2.45, 2.75) is 0 Å². The summed E-state index contributed by atoms with van der Waals surface area (Å²) in [6, 6.07) is 5.56. The normalized spacial score (nSPS) is 9.85. The molecule has 0 bridgehead atoms. The van der Waals surface area contributed by atoms with Crippen molar-refractivity contribution >= 4 is 6.29 Å². The first kappa shape index (κ1) is 7.67. The standard InChI is InChI=1S/C9H7N3O/c13-6-9-11-5-8(12-9)7-3-1-2-4-10-7/h1-6H,(H,11,12). The first-order chi connectivity index (χ1) is 6.40. The third kappa shape index (κ3) is 1.46. The average molecular weight is 173 g/mol. The number of aromatic nitrogens is 3. The van der Waals surface area contributed by atoms with E-state index >= 15 is 0 Å². The molecule has 0 aromatic carbocycles. The van der Waals surface area contributed by atoms with E-state index in [0.717, 1.165) is 11.4 Å². The van der Waals surface area contributed by atoms with E-state index in [1.807, 2.05) is 18.2 Å². The Bertz CT molecular complexity index is 408. The zero-order valence-electron chi connectivity index (χ0n) is 6.77. The number of carbonyl (C=O) groups excluding carboxylic acids is 1. The molecule has 0 radical (unpaired) electrons. The van der Waals surface area contributed by atoms with Gasteiger partial charge < -0.3 is 4.98 Å². The van der Waals surface area contributed by atoms with E-state index in [4.69, 9.17) is 0 Å². The van der Waals surface area contributed by atoms with Gasteiger partial charge in [-0.3, -0.25) is 9.78 Å². The van der Waals surface area contributed by atoms with Crippen LogP contribution in [0.1, 0.15) is 10.6 Å². The second-order valence-corrected chi connectivity index (χ2v) is 2.51. The molecule has 0 aliphatic rings. The lowest BCUT2D eigenvalue weighted by Gasteiger charge is -1.92. The first-order valence-corrected chi connectivity index (χ1v) is 3.82. The van der Waals surface area contributed by atoms with Gasteiger partial charge in [-0.1, -0.05) is 6.07 Å². The van der Waals surface area contributed by atoms with Crippen LogP contribution in [0.3, 0.4) is 0 Å². The molecule has 2 heterocycles. The van der Waals surface area contributed by atoms with Crippen LogP contribution in [0.5, 0.6) is 0 Å². The number of imidazole rings is 1. The first-order valence-electron chi connectivity index (χ1n) is 3.82. The minimum Gasteiger partial charge on any atom is -0.334 e. The van der Waals surface area contributed by atoms with Crippen molar-refractivity contribution in [2.75, 3.05) is 0 Å². The van der Waals surface area contributed by atoms with Gasteiger partial charge in [0.05, 0.1) is 17.6 Å². The molecule has 4 nitrogen and oxygen atoms in total. The van der Waals surface area contributed by atoms with E-state index in [1.165, 1.54) is 0 Å². The zero-order chi connectivity index (χ0) is 9.10. The number of carbonyl (C=O) groups is 1. The minimum absolute atomic E-state index is 0.320. The van der Waals surface area contributed by atoms with Gasteiger partial charge in [-0.05, 0) is 12.1 Å². The maximum atomic E-state index is 10.3. The van der Waals surface area contributed by atoms with Gasteiger partial charge in [0.15, 0.2) is 12.1 Å². The summed E-state index contributed by atoms with van der Waals surface area (Å²) in [5, 5.41) is 0. The van der Waals surface area contributed by atoms with Crippen LogP contribution in [0.4, 0.5) is 0 Å². The molecule has 0 aliphatic heterocycles. The SMILES string of the molecule is O=Cc1ncc(-c2ccccn2)[nH]1. The number of aldehydes is 1. The van der Waals surface area contributed by atoms with E-state index < -0.39 is 0 Å². The van der Waals surface area contributed by atoms with E-state index in [2.05, 4.69) is 15.0 Å². The molecule has 0 amide bonds. The Morgan fingerprint density at radius 2 is 2.23 bits per heavy atom. The fourth-order valence-electron chi connectivity index (χ4n) is 1.05. The molecule has 0 unspecified atom stereocenters. The van der Waals surface area contributed by atoms with Crippen LogP contribution in [-0.2, 0) is 0 Å². The predicted octanol–water partition coefficient (Wildman–Crippen LogP) is 1.28. The highest BCUT2D eigenvalue weighted by atomic mass is 16.1. The third-order valence-electron chi connectivity index (χ3n) is 1.65. The van der Waals surface area contributed by atoms with Crippen molar-refractivity contribution in [3.63, 3.8) is 0 Å². The van der Waals surface area contributed by atoms with E-state index in [9.17, 15) is 4.79 Å². The van der Waals surface area contributed by atoms with Gasteiger partial charge in [-0.25, -0.2) is 4.98 Å². The van der Waals surface area contributed by atoms with Gasteiger partial charge in [-0.2, -0.15) is 0 Å². The summed E-state index contributed by atoms with van der Waals surface area (Å²) in [7, 11) is 0. The molecule has 0 fully saturated rings. The van der Waals surface area contributed by atoms with Gasteiger partial charge >= 0.3 is 0 Å². The molecule has 0 atom stereocenters. The summed E-state index contributed by atoms with van der Waals surface area (Å²) in [4.78, 5) is 21.1. The van der Waals surface area contributed by atoms with Gasteiger partial charge in [0.25, 0.3) is 0 Å². The Hall–Kier alpha value is -1.97. The summed E-state index contributed by atoms with van der Waals surface area (Å²) in [5.41, 5.74) is 1.53. The molecule has 0 saturated carbocycles. The van der Waals surface area contributed by atoms with E-state index in [0.29, 0.717) is 12.1 Å². The Kier molecular flexibility index (Phi) is 1.88. The lowest BCUT2D eigenvalue weighted by atomic mass is 10.3. The van der Waals surface area contributed by atoms with Gasteiger partial charge in [0, 0.05) is 6.20 Å². The Morgan fingerprint density at radius 3 is 2.85 bits per heavy atom. The molecule has 2 aromatic heterocycles. The lowest BCUT2D eigenvalue weighted by Crippen LogP contribution is -1.83. The van der Waals surface area contributed by atoms with Crippen LogP contribution < -0.4 is 0 Å². The summed E-state index contributed by atoms with van der Waals surface area (Å²) < 4.78 is 0. The van der Waals surface area contributed by atoms with Crippen LogP contribution in [-0.4, -0.2) is 21.2 Å². The number of hydrogen-bond acceptors (Lipinski definition) is 3. The smallest absolute Gasteiger partial charge is 0.185 e. The topological polar surface area (TPSA) is 58.6 Å². The summed E-state index contributed by atoms with van der Waals surface area (Å²) in [5.74, 6) is 0.320. The number of hydrogen-bond donors (Lipinski definition) is 1. The molecule has 13 heavy (non-hydrogen) atoms. The molecule has 0 aliphatic carbocycles. The highest BCUT2D eigenvalue weighted by molar-refractivity contribution is 5.71. The molecule has 0 saturated heterocycles. The van der Waals surface area contributed by atoms with Crippen LogP contribution in [0, 0.1) is 0 Å². The third-order valence-corrected chi connectivity index (χ3v) is 1.65. The fourth-order valence-corrected chi connectivity index (χ4v) is 1.05. The second-order valence-electron chi connectivity index (χ2n) is 2.51. The van der Waals surface area contributed by atoms with Crippen molar-refractivity contribution in [2.24, 2.45) is 0 Å². The Morgan fingerprint density at radius 1 is 1.31 bits per heavy atom.